The number of carbonyl (C=O) groups is 1. The van der Waals surface area contributed by atoms with Gasteiger partial charge in [-0.05, 0) is 57.0 Å². The fourth-order valence-corrected chi connectivity index (χ4v) is 2.64. The molecule has 1 aromatic carbocycles. The van der Waals surface area contributed by atoms with Crippen LogP contribution in [0.15, 0.2) is 24.3 Å². The van der Waals surface area contributed by atoms with Crippen LogP contribution < -0.4 is 4.74 Å². The molecule has 0 amide bonds. The Kier molecular flexibility index (Phi) is 5.41. The van der Waals surface area contributed by atoms with Crippen molar-refractivity contribution < 1.29 is 14.6 Å². The third-order valence-electron chi connectivity index (χ3n) is 3.90. The second-order valence-corrected chi connectivity index (χ2v) is 5.41. The molecule has 0 spiro atoms. The molecule has 4 nitrogen and oxygen atoms in total. The molecule has 0 aliphatic carbocycles. The first-order valence-corrected chi connectivity index (χ1v) is 7.37. The standard InChI is InChI=1S/C16H23NO3/c1-13-5-2-3-10-17(13)11-4-12-20-15-8-6-14(7-9-15)16(18)19/h6-9,13H,2-5,10-12H2,1H3,(H,18,19)/t13-/m0/s1. The van der Waals surface area contributed by atoms with E-state index in [-0.39, 0.29) is 0 Å². The first-order chi connectivity index (χ1) is 9.66. The predicted molar refractivity (Wildman–Crippen MR) is 78.4 cm³/mol. The van der Waals surface area contributed by atoms with E-state index in [1.807, 2.05) is 0 Å². The number of aromatic carboxylic acids is 1. The Labute approximate surface area is 120 Å². The van der Waals surface area contributed by atoms with Gasteiger partial charge in [-0.3, -0.25) is 0 Å². The van der Waals surface area contributed by atoms with Crippen molar-refractivity contribution in [3.8, 4) is 5.75 Å². The quantitative estimate of drug-likeness (QED) is 0.812. The maximum Gasteiger partial charge on any atom is 0.335 e. The van der Waals surface area contributed by atoms with Gasteiger partial charge >= 0.3 is 5.97 Å². The average Bonchev–Trinajstić information content (AvgIpc) is 2.46. The van der Waals surface area contributed by atoms with Crippen molar-refractivity contribution in [2.45, 2.75) is 38.6 Å². The zero-order chi connectivity index (χ0) is 14.4. The Morgan fingerprint density at radius 3 is 2.75 bits per heavy atom. The van der Waals surface area contributed by atoms with Gasteiger partial charge in [0.1, 0.15) is 5.75 Å². The van der Waals surface area contributed by atoms with Gasteiger partial charge in [0.2, 0.25) is 0 Å². The molecule has 0 radical (unpaired) electrons. The lowest BCUT2D eigenvalue weighted by Crippen LogP contribution is -2.38. The van der Waals surface area contributed by atoms with Crippen molar-refractivity contribution in [3.63, 3.8) is 0 Å². The summed E-state index contributed by atoms with van der Waals surface area (Å²) in [6, 6.07) is 7.27. The molecule has 20 heavy (non-hydrogen) atoms. The number of likely N-dealkylation sites (tertiary alicyclic amines) is 1. The molecule has 0 saturated carbocycles. The van der Waals surface area contributed by atoms with Crippen molar-refractivity contribution in [2.75, 3.05) is 19.7 Å². The highest BCUT2D eigenvalue weighted by molar-refractivity contribution is 5.87. The second kappa shape index (κ2) is 7.29. The maximum atomic E-state index is 10.7. The van der Waals surface area contributed by atoms with Gasteiger partial charge in [-0.1, -0.05) is 6.42 Å². The summed E-state index contributed by atoms with van der Waals surface area (Å²) in [7, 11) is 0. The molecule has 2 rings (SSSR count). The molecule has 1 saturated heterocycles. The van der Waals surface area contributed by atoms with E-state index < -0.39 is 5.97 Å². The van der Waals surface area contributed by atoms with Crippen molar-refractivity contribution >= 4 is 5.97 Å². The second-order valence-electron chi connectivity index (χ2n) is 5.41. The highest BCUT2D eigenvalue weighted by atomic mass is 16.5. The van der Waals surface area contributed by atoms with Crippen LogP contribution in [0.2, 0.25) is 0 Å². The van der Waals surface area contributed by atoms with E-state index >= 15 is 0 Å². The maximum absolute atomic E-state index is 10.7. The summed E-state index contributed by atoms with van der Waals surface area (Å²) in [5.74, 6) is -0.169. The van der Waals surface area contributed by atoms with Crippen molar-refractivity contribution in [3.05, 3.63) is 29.8 Å². The molecule has 0 unspecified atom stereocenters. The predicted octanol–water partition coefficient (Wildman–Crippen LogP) is 3.03. The van der Waals surface area contributed by atoms with Gasteiger partial charge in [0.15, 0.2) is 0 Å². The number of carboxylic acid groups (broad SMARTS) is 1. The lowest BCUT2D eigenvalue weighted by atomic mass is 10.0. The Morgan fingerprint density at radius 1 is 1.35 bits per heavy atom. The Bertz CT molecular complexity index is 430. The lowest BCUT2D eigenvalue weighted by molar-refractivity contribution is 0.0697. The number of carboxylic acids is 1. The minimum Gasteiger partial charge on any atom is -0.494 e. The van der Waals surface area contributed by atoms with E-state index in [1.165, 1.54) is 25.8 Å². The van der Waals surface area contributed by atoms with E-state index in [0.717, 1.165) is 18.7 Å². The molecular weight excluding hydrogens is 254 g/mol. The van der Waals surface area contributed by atoms with Crippen molar-refractivity contribution in [1.82, 2.24) is 4.90 Å². The molecule has 1 N–H and O–H groups in total. The topological polar surface area (TPSA) is 49.8 Å². The number of nitrogens with zero attached hydrogens (tertiary/aromatic N) is 1. The van der Waals surface area contributed by atoms with Gasteiger partial charge in [0.25, 0.3) is 0 Å². The number of rotatable bonds is 6. The van der Waals surface area contributed by atoms with Crippen LogP contribution in [0.3, 0.4) is 0 Å². The number of benzene rings is 1. The molecule has 1 aliphatic rings. The zero-order valence-corrected chi connectivity index (χ0v) is 12.0. The van der Waals surface area contributed by atoms with Gasteiger partial charge in [-0.2, -0.15) is 0 Å². The van der Waals surface area contributed by atoms with Crippen LogP contribution >= 0.6 is 0 Å². The average molecular weight is 277 g/mol. The minimum absolute atomic E-state index is 0.291. The molecule has 1 heterocycles. The summed E-state index contributed by atoms with van der Waals surface area (Å²) < 4.78 is 5.65. The van der Waals surface area contributed by atoms with E-state index in [0.29, 0.717) is 18.2 Å². The van der Waals surface area contributed by atoms with E-state index in [4.69, 9.17) is 9.84 Å². The molecule has 1 atom stereocenters. The normalized spacial score (nSPS) is 19.8. The molecule has 4 heteroatoms. The number of hydrogen-bond donors (Lipinski definition) is 1. The van der Waals surface area contributed by atoms with Crippen LogP contribution in [-0.2, 0) is 0 Å². The summed E-state index contributed by atoms with van der Waals surface area (Å²) in [5.41, 5.74) is 0.291. The molecule has 1 aromatic rings. The molecule has 0 aromatic heterocycles. The summed E-state index contributed by atoms with van der Waals surface area (Å²) in [6.45, 7) is 5.25. The Balaban J connectivity index is 1.69. The van der Waals surface area contributed by atoms with Crippen LogP contribution in [0.25, 0.3) is 0 Å². The summed E-state index contributed by atoms with van der Waals surface area (Å²) >= 11 is 0. The van der Waals surface area contributed by atoms with Crippen LogP contribution in [0.5, 0.6) is 5.75 Å². The molecule has 110 valence electrons. The summed E-state index contributed by atoms with van der Waals surface area (Å²) in [6.07, 6.45) is 4.97. The first-order valence-electron chi connectivity index (χ1n) is 7.37. The molecular formula is C16H23NO3. The van der Waals surface area contributed by atoms with Gasteiger partial charge in [0, 0.05) is 12.6 Å². The van der Waals surface area contributed by atoms with Crippen LogP contribution in [0.1, 0.15) is 43.0 Å². The zero-order valence-electron chi connectivity index (χ0n) is 12.0. The smallest absolute Gasteiger partial charge is 0.335 e. The molecule has 1 aliphatic heterocycles. The van der Waals surface area contributed by atoms with Crippen LogP contribution in [-0.4, -0.2) is 41.7 Å². The third kappa shape index (κ3) is 4.23. The molecule has 0 bridgehead atoms. The van der Waals surface area contributed by atoms with Crippen molar-refractivity contribution in [2.24, 2.45) is 0 Å². The van der Waals surface area contributed by atoms with Gasteiger partial charge < -0.3 is 14.7 Å². The SMILES string of the molecule is C[C@H]1CCCCN1CCCOc1ccc(C(=O)O)cc1. The number of hydrogen-bond acceptors (Lipinski definition) is 3. The minimum atomic E-state index is -0.907. The van der Waals surface area contributed by atoms with E-state index in [1.54, 1.807) is 24.3 Å². The third-order valence-corrected chi connectivity index (χ3v) is 3.90. The summed E-state index contributed by atoms with van der Waals surface area (Å²) in [4.78, 5) is 13.3. The van der Waals surface area contributed by atoms with E-state index in [2.05, 4.69) is 11.8 Å². The monoisotopic (exact) mass is 277 g/mol. The van der Waals surface area contributed by atoms with Gasteiger partial charge in [-0.15, -0.1) is 0 Å². The number of ether oxygens (including phenoxy) is 1. The lowest BCUT2D eigenvalue weighted by Gasteiger charge is -2.33. The Hall–Kier alpha value is -1.55. The van der Waals surface area contributed by atoms with Crippen LogP contribution in [0, 0.1) is 0 Å². The van der Waals surface area contributed by atoms with Gasteiger partial charge in [0.05, 0.1) is 12.2 Å². The fraction of sp³-hybridized carbons (Fsp3) is 0.562. The van der Waals surface area contributed by atoms with Crippen molar-refractivity contribution in [1.29, 1.82) is 0 Å². The fourth-order valence-electron chi connectivity index (χ4n) is 2.64. The first kappa shape index (κ1) is 14.9. The Morgan fingerprint density at radius 2 is 2.10 bits per heavy atom. The molecule has 1 fully saturated rings. The van der Waals surface area contributed by atoms with Crippen LogP contribution in [0.4, 0.5) is 0 Å². The van der Waals surface area contributed by atoms with Gasteiger partial charge in [-0.25, -0.2) is 4.79 Å². The number of piperidine rings is 1. The largest absolute Gasteiger partial charge is 0.494 e. The van der Waals surface area contributed by atoms with E-state index in [9.17, 15) is 4.79 Å². The highest BCUT2D eigenvalue weighted by Gasteiger charge is 2.17. The summed E-state index contributed by atoms with van der Waals surface area (Å²) in [5, 5.41) is 8.81. The highest BCUT2D eigenvalue weighted by Crippen LogP contribution is 2.17.